The molecule has 0 amide bonds. The Morgan fingerprint density at radius 1 is 1.00 bits per heavy atom. The minimum Gasteiger partial charge on any atom is -0.361 e. The zero-order chi connectivity index (χ0) is 24.8. The number of carbonyl (C=O) groups excluding carboxylic acids is 1. The summed E-state index contributed by atoms with van der Waals surface area (Å²) in [5.74, 6) is -0.0139. The molecule has 8 heteroatoms. The van der Waals surface area contributed by atoms with E-state index in [9.17, 15) is 9.59 Å². The molecule has 4 rings (SSSR count). The number of hydrogen-bond acceptors (Lipinski definition) is 3. The summed E-state index contributed by atoms with van der Waals surface area (Å²) in [7, 11) is 0.521. The topological polar surface area (TPSA) is 53.2 Å². The monoisotopic (exact) mass is 514 g/mol. The summed E-state index contributed by atoms with van der Waals surface area (Å²) in [6.45, 7) is 9.47. The van der Waals surface area contributed by atoms with Crippen molar-refractivity contribution in [3.63, 3.8) is 0 Å². The molecule has 0 saturated heterocycles. The number of Topliss-reactive ketones (excluding diaryl/α,β-unsaturated/α-hetero) is 1. The Labute approximate surface area is 209 Å². The molecule has 0 fully saturated rings. The van der Waals surface area contributed by atoms with E-state index in [1.54, 1.807) is 36.7 Å². The molecule has 178 valence electrons. The van der Waals surface area contributed by atoms with Gasteiger partial charge in [-0.15, -0.1) is 0 Å². The molecule has 2 aromatic carbocycles. The first-order valence-electron chi connectivity index (χ1n) is 11.2. The minimum absolute atomic E-state index is 0.0139. The Balaban J connectivity index is 1.95. The number of aromatic nitrogens is 2. The summed E-state index contributed by atoms with van der Waals surface area (Å²) in [6.07, 6.45) is 0. The number of aryl methyl sites for hydroxylation is 1. The third-order valence-corrected chi connectivity index (χ3v) is 8.31. The van der Waals surface area contributed by atoms with Crippen LogP contribution in [0.2, 0.25) is 35.7 Å². The molecule has 0 bridgehead atoms. The second kappa shape index (κ2) is 9.34. The van der Waals surface area contributed by atoms with Crippen LogP contribution in [0, 0.1) is 0 Å². The highest BCUT2D eigenvalue weighted by molar-refractivity contribution is 6.76. The van der Waals surface area contributed by atoms with Gasteiger partial charge in [-0.3, -0.25) is 14.2 Å². The molecule has 0 aliphatic rings. The first-order chi connectivity index (χ1) is 16.0. The van der Waals surface area contributed by atoms with Crippen molar-refractivity contribution in [2.75, 3.05) is 6.61 Å². The molecule has 0 aliphatic heterocycles. The fraction of sp³-hybridized carbons (Fsp3) is 0.308. The highest BCUT2D eigenvalue weighted by Gasteiger charge is 2.20. The van der Waals surface area contributed by atoms with Gasteiger partial charge in [0.2, 0.25) is 0 Å². The van der Waals surface area contributed by atoms with Gasteiger partial charge in [0, 0.05) is 54.2 Å². The number of carbonyl (C=O) groups is 1. The van der Waals surface area contributed by atoms with Gasteiger partial charge in [-0.05, 0) is 49.4 Å². The quantitative estimate of drug-likeness (QED) is 0.152. The molecule has 0 atom stereocenters. The Morgan fingerprint density at radius 2 is 1.74 bits per heavy atom. The van der Waals surface area contributed by atoms with Gasteiger partial charge < -0.3 is 9.30 Å². The summed E-state index contributed by atoms with van der Waals surface area (Å²) < 4.78 is 9.71. The van der Waals surface area contributed by atoms with Gasteiger partial charge in [-0.25, -0.2) is 0 Å². The van der Waals surface area contributed by atoms with Crippen molar-refractivity contribution in [2.45, 2.75) is 39.3 Å². The number of ether oxygens (including phenoxy) is 1. The van der Waals surface area contributed by atoms with Crippen LogP contribution in [0.3, 0.4) is 0 Å². The van der Waals surface area contributed by atoms with Crippen molar-refractivity contribution >= 4 is 59.0 Å². The van der Waals surface area contributed by atoms with Crippen LogP contribution in [0.5, 0.6) is 0 Å². The third kappa shape index (κ3) is 4.73. The maximum Gasteiger partial charge on any atom is 0.259 e. The molecular formula is C26H28Cl2N2O3Si. The maximum absolute atomic E-state index is 13.5. The average molecular weight is 516 g/mol. The van der Waals surface area contributed by atoms with Gasteiger partial charge in [0.1, 0.15) is 12.4 Å². The van der Waals surface area contributed by atoms with Crippen LogP contribution in [0.25, 0.3) is 33.1 Å². The summed E-state index contributed by atoms with van der Waals surface area (Å²) in [6, 6.07) is 13.6. The third-order valence-electron chi connectivity index (χ3n) is 6.06. The first kappa shape index (κ1) is 24.7. The predicted octanol–water partition coefficient (Wildman–Crippen LogP) is 6.98. The minimum atomic E-state index is -1.23. The normalized spacial score (nSPS) is 12.1. The van der Waals surface area contributed by atoms with Crippen LogP contribution in [0.15, 0.2) is 47.3 Å². The van der Waals surface area contributed by atoms with Gasteiger partial charge in [-0.2, -0.15) is 0 Å². The van der Waals surface area contributed by atoms with Crippen molar-refractivity contribution < 1.29 is 9.53 Å². The first-order valence-corrected chi connectivity index (χ1v) is 15.6. The van der Waals surface area contributed by atoms with Crippen LogP contribution in [0.4, 0.5) is 0 Å². The lowest BCUT2D eigenvalue weighted by molar-refractivity contribution is 0.0922. The van der Waals surface area contributed by atoms with Gasteiger partial charge in [0.25, 0.3) is 5.56 Å². The van der Waals surface area contributed by atoms with Gasteiger partial charge in [0.05, 0.1) is 10.5 Å². The zero-order valence-electron chi connectivity index (χ0n) is 20.0. The van der Waals surface area contributed by atoms with Crippen LogP contribution in [0.1, 0.15) is 17.3 Å². The standard InChI is InChI=1S/C26H28Cl2N2O3Si/c1-16(31)17-6-9-24-20(12-17)21-14-22(19-8-7-18(27)13-23(19)28)26(32)29(2)25(21)30(24)15-33-10-11-34(3,4)5/h6-9,12-14H,10-11,15H2,1-5H3. The van der Waals surface area contributed by atoms with Crippen molar-refractivity contribution in [3.8, 4) is 11.1 Å². The van der Waals surface area contributed by atoms with Crippen LogP contribution >= 0.6 is 23.2 Å². The molecule has 0 saturated carbocycles. The van der Waals surface area contributed by atoms with Crippen LogP contribution in [-0.4, -0.2) is 29.6 Å². The lowest BCUT2D eigenvalue weighted by Gasteiger charge is -2.17. The van der Waals surface area contributed by atoms with E-state index in [0.29, 0.717) is 40.1 Å². The number of benzene rings is 2. The number of nitrogens with zero attached hydrogens (tertiary/aromatic N) is 2. The van der Waals surface area contributed by atoms with E-state index in [0.717, 1.165) is 28.0 Å². The molecule has 0 spiro atoms. The predicted molar refractivity (Wildman–Crippen MR) is 144 cm³/mol. The fourth-order valence-corrected chi connectivity index (χ4v) is 5.41. The second-order valence-corrected chi connectivity index (χ2v) is 16.3. The lowest BCUT2D eigenvalue weighted by Crippen LogP contribution is -2.23. The maximum atomic E-state index is 13.5. The number of rotatable bonds is 7. The molecule has 0 radical (unpaired) electrons. The number of hydrogen-bond donors (Lipinski definition) is 0. The van der Waals surface area contributed by atoms with Gasteiger partial charge in [-0.1, -0.05) is 48.9 Å². The smallest absolute Gasteiger partial charge is 0.259 e. The fourth-order valence-electron chi connectivity index (χ4n) is 4.14. The van der Waals surface area contributed by atoms with E-state index in [1.807, 2.05) is 28.8 Å². The Hall–Kier alpha value is -2.38. The zero-order valence-corrected chi connectivity index (χ0v) is 22.5. The van der Waals surface area contributed by atoms with E-state index < -0.39 is 8.07 Å². The van der Waals surface area contributed by atoms with E-state index in [-0.39, 0.29) is 11.3 Å². The molecule has 34 heavy (non-hydrogen) atoms. The Kier molecular flexibility index (Phi) is 6.80. The largest absolute Gasteiger partial charge is 0.361 e. The lowest BCUT2D eigenvalue weighted by atomic mass is 10.0. The summed E-state index contributed by atoms with van der Waals surface area (Å²) in [4.78, 5) is 25.6. The second-order valence-electron chi connectivity index (χ2n) is 9.85. The highest BCUT2D eigenvalue weighted by atomic mass is 35.5. The van der Waals surface area contributed by atoms with Crippen LogP contribution < -0.4 is 5.56 Å². The molecule has 2 aromatic heterocycles. The molecule has 5 nitrogen and oxygen atoms in total. The summed E-state index contributed by atoms with van der Waals surface area (Å²) in [5, 5.41) is 2.66. The highest BCUT2D eigenvalue weighted by Crippen LogP contribution is 2.34. The number of ketones is 1. The SMILES string of the molecule is CC(=O)c1ccc2c(c1)c1cc(-c3ccc(Cl)cc3Cl)c(=O)n(C)c1n2COCC[Si](C)(C)C. The molecule has 0 N–H and O–H groups in total. The average Bonchev–Trinajstić information content (AvgIpc) is 3.06. The van der Waals surface area contributed by atoms with E-state index in [4.69, 9.17) is 27.9 Å². The summed E-state index contributed by atoms with van der Waals surface area (Å²) in [5.41, 5.74) is 3.18. The molecule has 2 heterocycles. The van der Waals surface area contributed by atoms with Crippen molar-refractivity contribution in [1.29, 1.82) is 0 Å². The van der Waals surface area contributed by atoms with Gasteiger partial charge >= 0.3 is 0 Å². The Bertz CT molecular complexity index is 1480. The van der Waals surface area contributed by atoms with E-state index in [2.05, 4.69) is 19.6 Å². The van der Waals surface area contributed by atoms with Crippen molar-refractivity contribution in [3.05, 3.63) is 68.4 Å². The van der Waals surface area contributed by atoms with Crippen LogP contribution in [-0.2, 0) is 18.5 Å². The number of pyridine rings is 1. The summed E-state index contributed by atoms with van der Waals surface area (Å²) >= 11 is 12.5. The molecule has 4 aromatic rings. The molecule has 0 aliphatic carbocycles. The number of halogens is 2. The van der Waals surface area contributed by atoms with Crippen molar-refractivity contribution in [2.24, 2.45) is 7.05 Å². The van der Waals surface area contributed by atoms with E-state index >= 15 is 0 Å². The van der Waals surface area contributed by atoms with Crippen molar-refractivity contribution in [1.82, 2.24) is 9.13 Å². The van der Waals surface area contributed by atoms with E-state index in [1.165, 1.54) is 0 Å². The Morgan fingerprint density at radius 3 is 2.38 bits per heavy atom. The molecular weight excluding hydrogens is 487 g/mol. The molecule has 0 unspecified atom stereocenters. The number of fused-ring (bicyclic) bond motifs is 3. The van der Waals surface area contributed by atoms with Gasteiger partial charge in [0.15, 0.2) is 5.78 Å².